The Morgan fingerprint density at radius 3 is 2.67 bits per heavy atom. The van der Waals surface area contributed by atoms with Crippen molar-refractivity contribution >= 4 is 17.7 Å². The number of ether oxygens (including phenoxy) is 1. The third-order valence-corrected chi connectivity index (χ3v) is 5.93. The highest BCUT2D eigenvalue weighted by molar-refractivity contribution is 5.74. The number of benzene rings is 1. The standard InChI is InChI=1S/C25H30N6O2/c1-17(32)31-12-10-20(16-31)24-22(15-28-25(29-24)30(2)3)19-9-11-26-23(13-19)27-14-18-5-7-21(33-4)8-6-18/h5-9,11,13,15,20H,10,12,14,16H2,1-4H3,(H,26,27)/t20-/m0/s1. The van der Waals surface area contributed by atoms with Crippen LogP contribution in [0.1, 0.15) is 30.5 Å². The van der Waals surface area contributed by atoms with Gasteiger partial charge in [0.2, 0.25) is 11.9 Å². The van der Waals surface area contributed by atoms with Gasteiger partial charge in [0.05, 0.1) is 12.8 Å². The van der Waals surface area contributed by atoms with E-state index in [0.29, 0.717) is 19.0 Å². The fourth-order valence-corrected chi connectivity index (χ4v) is 4.03. The molecule has 4 rings (SSSR count). The number of hydrogen-bond donors (Lipinski definition) is 1. The fourth-order valence-electron chi connectivity index (χ4n) is 4.03. The molecule has 3 aromatic rings. The van der Waals surface area contributed by atoms with Crippen LogP contribution in [-0.2, 0) is 11.3 Å². The molecule has 2 aromatic heterocycles. The number of carbonyl (C=O) groups is 1. The van der Waals surface area contributed by atoms with E-state index in [1.807, 2.05) is 66.5 Å². The fraction of sp³-hybridized carbons (Fsp3) is 0.360. The number of aromatic nitrogens is 3. The summed E-state index contributed by atoms with van der Waals surface area (Å²) >= 11 is 0. The molecule has 1 aromatic carbocycles. The summed E-state index contributed by atoms with van der Waals surface area (Å²) in [6.45, 7) is 3.71. The van der Waals surface area contributed by atoms with Gasteiger partial charge in [0.15, 0.2) is 0 Å². The molecule has 0 saturated carbocycles. The lowest BCUT2D eigenvalue weighted by Gasteiger charge is -2.19. The zero-order chi connectivity index (χ0) is 23.4. The van der Waals surface area contributed by atoms with Crippen molar-refractivity contribution < 1.29 is 9.53 Å². The Morgan fingerprint density at radius 1 is 1.21 bits per heavy atom. The number of carbonyl (C=O) groups excluding carboxylic acids is 1. The summed E-state index contributed by atoms with van der Waals surface area (Å²) in [6, 6.07) is 12.0. The molecule has 0 unspecified atom stereocenters. The highest BCUT2D eigenvalue weighted by Crippen LogP contribution is 2.34. The minimum absolute atomic E-state index is 0.106. The number of nitrogens with one attached hydrogen (secondary N) is 1. The molecular weight excluding hydrogens is 416 g/mol. The summed E-state index contributed by atoms with van der Waals surface area (Å²) in [5, 5.41) is 3.40. The first-order chi connectivity index (χ1) is 15.9. The SMILES string of the molecule is COc1ccc(CNc2cc(-c3cnc(N(C)C)nc3[C@H]3CCN(C(C)=O)C3)ccn2)cc1. The molecule has 0 radical (unpaired) electrons. The summed E-state index contributed by atoms with van der Waals surface area (Å²) < 4.78 is 5.22. The number of hydrogen-bond acceptors (Lipinski definition) is 7. The summed E-state index contributed by atoms with van der Waals surface area (Å²) in [7, 11) is 5.53. The predicted molar refractivity (Wildman–Crippen MR) is 130 cm³/mol. The zero-order valence-electron chi connectivity index (χ0n) is 19.6. The first-order valence-electron chi connectivity index (χ1n) is 11.1. The van der Waals surface area contributed by atoms with E-state index in [0.717, 1.165) is 46.9 Å². The van der Waals surface area contributed by atoms with Crippen LogP contribution in [0.3, 0.4) is 0 Å². The van der Waals surface area contributed by atoms with Gasteiger partial charge in [0, 0.05) is 64.5 Å². The van der Waals surface area contributed by atoms with Gasteiger partial charge in [-0.05, 0) is 41.8 Å². The van der Waals surface area contributed by atoms with Crippen LogP contribution in [0.5, 0.6) is 5.75 Å². The van der Waals surface area contributed by atoms with Gasteiger partial charge in [-0.3, -0.25) is 4.79 Å². The van der Waals surface area contributed by atoms with E-state index in [1.54, 1.807) is 20.2 Å². The van der Waals surface area contributed by atoms with Crippen molar-refractivity contribution in [2.75, 3.05) is 44.5 Å². The van der Waals surface area contributed by atoms with Crippen molar-refractivity contribution in [2.45, 2.75) is 25.8 Å². The maximum Gasteiger partial charge on any atom is 0.225 e. The van der Waals surface area contributed by atoms with Crippen molar-refractivity contribution in [3.63, 3.8) is 0 Å². The van der Waals surface area contributed by atoms with Crippen molar-refractivity contribution in [2.24, 2.45) is 0 Å². The summed E-state index contributed by atoms with van der Waals surface area (Å²) in [6.07, 6.45) is 4.58. The lowest BCUT2D eigenvalue weighted by molar-refractivity contribution is -0.127. The van der Waals surface area contributed by atoms with E-state index in [9.17, 15) is 4.79 Å². The number of anilines is 2. The van der Waals surface area contributed by atoms with E-state index in [2.05, 4.69) is 15.3 Å². The molecule has 0 bridgehead atoms. The Morgan fingerprint density at radius 2 is 2.00 bits per heavy atom. The average molecular weight is 447 g/mol. The number of rotatable bonds is 7. The Labute approximate surface area is 194 Å². The molecule has 172 valence electrons. The highest BCUT2D eigenvalue weighted by Gasteiger charge is 2.29. The maximum atomic E-state index is 11.9. The van der Waals surface area contributed by atoms with Crippen LogP contribution < -0.4 is 15.0 Å². The Bertz CT molecular complexity index is 1120. The Kier molecular flexibility index (Phi) is 6.72. The van der Waals surface area contributed by atoms with E-state index in [1.165, 1.54) is 0 Å². The quantitative estimate of drug-likeness (QED) is 0.594. The van der Waals surface area contributed by atoms with Crippen molar-refractivity contribution in [3.05, 3.63) is 60.0 Å². The van der Waals surface area contributed by atoms with Crippen LogP contribution in [0.25, 0.3) is 11.1 Å². The molecule has 33 heavy (non-hydrogen) atoms. The van der Waals surface area contributed by atoms with Gasteiger partial charge in [-0.25, -0.2) is 15.0 Å². The third kappa shape index (κ3) is 5.22. The summed E-state index contributed by atoms with van der Waals surface area (Å²) in [4.78, 5) is 29.6. The number of methoxy groups -OCH3 is 1. The molecule has 1 atom stereocenters. The first kappa shape index (κ1) is 22.5. The van der Waals surface area contributed by atoms with Crippen LogP contribution in [0.2, 0.25) is 0 Å². The van der Waals surface area contributed by atoms with Crippen molar-refractivity contribution in [1.29, 1.82) is 0 Å². The molecule has 1 N–H and O–H groups in total. The second-order valence-electron chi connectivity index (χ2n) is 8.45. The minimum Gasteiger partial charge on any atom is -0.497 e. The molecular formula is C25H30N6O2. The Balaban J connectivity index is 1.59. The molecule has 8 nitrogen and oxygen atoms in total. The van der Waals surface area contributed by atoms with Gasteiger partial charge in [-0.1, -0.05) is 12.1 Å². The second-order valence-corrected chi connectivity index (χ2v) is 8.45. The number of pyridine rings is 1. The summed E-state index contributed by atoms with van der Waals surface area (Å²) in [5.74, 6) is 2.57. The second kappa shape index (κ2) is 9.85. The highest BCUT2D eigenvalue weighted by atomic mass is 16.5. The molecule has 1 fully saturated rings. The van der Waals surface area contributed by atoms with Gasteiger partial charge in [0.25, 0.3) is 0 Å². The van der Waals surface area contributed by atoms with Crippen LogP contribution in [0.15, 0.2) is 48.8 Å². The van der Waals surface area contributed by atoms with Crippen LogP contribution in [-0.4, -0.2) is 60.1 Å². The van der Waals surface area contributed by atoms with Crippen LogP contribution in [0.4, 0.5) is 11.8 Å². The smallest absolute Gasteiger partial charge is 0.225 e. The summed E-state index contributed by atoms with van der Waals surface area (Å²) in [5.41, 5.74) is 4.09. The molecule has 1 aliphatic rings. The molecule has 0 aliphatic carbocycles. The maximum absolute atomic E-state index is 11.9. The van der Waals surface area contributed by atoms with Crippen LogP contribution in [0, 0.1) is 0 Å². The van der Waals surface area contributed by atoms with Crippen LogP contribution >= 0.6 is 0 Å². The average Bonchev–Trinajstić information content (AvgIpc) is 3.33. The lowest BCUT2D eigenvalue weighted by Crippen LogP contribution is -2.25. The number of likely N-dealkylation sites (tertiary alicyclic amines) is 1. The largest absolute Gasteiger partial charge is 0.497 e. The van der Waals surface area contributed by atoms with E-state index >= 15 is 0 Å². The van der Waals surface area contributed by atoms with Gasteiger partial charge in [-0.15, -0.1) is 0 Å². The monoisotopic (exact) mass is 446 g/mol. The molecule has 3 heterocycles. The van der Waals surface area contributed by atoms with Crippen molar-refractivity contribution in [3.8, 4) is 16.9 Å². The minimum atomic E-state index is 0.106. The molecule has 8 heteroatoms. The zero-order valence-corrected chi connectivity index (χ0v) is 19.6. The van der Waals surface area contributed by atoms with E-state index in [-0.39, 0.29) is 11.8 Å². The van der Waals surface area contributed by atoms with E-state index < -0.39 is 0 Å². The van der Waals surface area contributed by atoms with Gasteiger partial charge in [-0.2, -0.15) is 0 Å². The van der Waals surface area contributed by atoms with Gasteiger partial charge >= 0.3 is 0 Å². The molecule has 1 saturated heterocycles. The first-order valence-corrected chi connectivity index (χ1v) is 11.1. The van der Waals surface area contributed by atoms with Crippen molar-refractivity contribution in [1.82, 2.24) is 19.9 Å². The normalized spacial score (nSPS) is 15.4. The lowest BCUT2D eigenvalue weighted by atomic mass is 9.96. The third-order valence-electron chi connectivity index (χ3n) is 5.93. The number of nitrogens with zero attached hydrogens (tertiary/aromatic N) is 5. The number of amides is 1. The Hall–Kier alpha value is -3.68. The van der Waals surface area contributed by atoms with E-state index in [4.69, 9.17) is 9.72 Å². The predicted octanol–water partition coefficient (Wildman–Crippen LogP) is 3.56. The van der Waals surface area contributed by atoms with Gasteiger partial charge in [0.1, 0.15) is 11.6 Å². The molecule has 1 amide bonds. The van der Waals surface area contributed by atoms with Gasteiger partial charge < -0.3 is 19.9 Å². The molecule has 0 spiro atoms. The topological polar surface area (TPSA) is 83.5 Å². The molecule has 1 aliphatic heterocycles.